The molecule has 1 aromatic rings. The molecule has 1 aliphatic rings. The third kappa shape index (κ3) is 8.17. The van der Waals surface area contributed by atoms with Gasteiger partial charge in [-0.2, -0.15) is 0 Å². The van der Waals surface area contributed by atoms with E-state index in [4.69, 9.17) is 4.74 Å². The van der Waals surface area contributed by atoms with Gasteiger partial charge in [0.2, 0.25) is 0 Å². The number of cyclic esters (lactones) is 1. The number of hydrogen-bond donors (Lipinski definition) is 2. The molecule has 0 saturated heterocycles. The van der Waals surface area contributed by atoms with E-state index in [2.05, 4.69) is 17.1 Å². The van der Waals surface area contributed by atoms with Crippen molar-refractivity contribution in [1.82, 2.24) is 4.98 Å². The number of rotatable bonds is 2. The van der Waals surface area contributed by atoms with Crippen LogP contribution in [0, 0.1) is 18.3 Å². The number of allylic oxidation sites excluding steroid dienone is 1. The molecule has 4 atom stereocenters. The SMILES string of the molecule is C/C(=C\c1csc(C)n1)[C@@H]1C/C=C\CCCC[C@H](O)[C@@H](C)C(O)C(C)(C)CCC(=O)O1. The second-order valence-electron chi connectivity index (χ2n) is 9.51. The molecule has 2 heterocycles. The molecular weight excluding hydrogens is 410 g/mol. The number of aromatic nitrogens is 1. The third-order valence-electron chi connectivity index (χ3n) is 6.31. The van der Waals surface area contributed by atoms with Crippen molar-refractivity contribution in [2.45, 2.75) is 97.9 Å². The van der Waals surface area contributed by atoms with E-state index in [0.717, 1.165) is 35.5 Å². The Balaban J connectivity index is 2.16. The molecular formula is C25H39NO4S. The highest BCUT2D eigenvalue weighted by atomic mass is 32.1. The summed E-state index contributed by atoms with van der Waals surface area (Å²) < 4.78 is 5.85. The van der Waals surface area contributed by atoms with Gasteiger partial charge in [0, 0.05) is 24.1 Å². The number of esters is 1. The van der Waals surface area contributed by atoms with Crippen LogP contribution in [0.3, 0.4) is 0 Å². The lowest BCUT2D eigenvalue weighted by molar-refractivity contribution is -0.148. The van der Waals surface area contributed by atoms with Crippen molar-refractivity contribution in [1.29, 1.82) is 0 Å². The molecule has 0 amide bonds. The zero-order valence-electron chi connectivity index (χ0n) is 19.6. The predicted molar refractivity (Wildman–Crippen MR) is 127 cm³/mol. The Bertz CT molecular complexity index is 767. The third-order valence-corrected chi connectivity index (χ3v) is 7.10. The average Bonchev–Trinajstić information content (AvgIpc) is 3.13. The summed E-state index contributed by atoms with van der Waals surface area (Å²) in [5.41, 5.74) is 1.37. The van der Waals surface area contributed by atoms with E-state index in [9.17, 15) is 15.0 Å². The number of nitrogens with zero attached hydrogens (tertiary/aromatic N) is 1. The molecule has 2 rings (SSSR count). The van der Waals surface area contributed by atoms with Gasteiger partial charge in [0.05, 0.1) is 22.9 Å². The first kappa shape index (κ1) is 25.8. The summed E-state index contributed by atoms with van der Waals surface area (Å²) in [7, 11) is 0. The Labute approximate surface area is 191 Å². The van der Waals surface area contributed by atoms with Gasteiger partial charge < -0.3 is 14.9 Å². The summed E-state index contributed by atoms with van der Waals surface area (Å²) in [5, 5.41) is 24.3. The number of aryl methyl sites for hydroxylation is 1. The Kier molecular flexibility index (Phi) is 9.91. The van der Waals surface area contributed by atoms with Crippen LogP contribution in [0.5, 0.6) is 0 Å². The quantitative estimate of drug-likeness (QED) is 0.463. The minimum Gasteiger partial charge on any atom is -0.457 e. The molecule has 0 radical (unpaired) electrons. The highest BCUT2D eigenvalue weighted by Crippen LogP contribution is 2.34. The average molecular weight is 450 g/mol. The standard InChI is InChI=1S/C25H39NO4S/c1-17(15-20-16-31-19(3)26-20)22-12-10-8-6-7-9-11-21(27)18(2)24(29)25(4,5)14-13-23(28)30-22/h8,10,15-16,18,21-22,24,27,29H,6-7,9,11-14H2,1-5H3/b10-8-,17-15+/t18-,21+,22+,24?/m1/s1. The van der Waals surface area contributed by atoms with Gasteiger partial charge in [-0.25, -0.2) is 4.98 Å². The van der Waals surface area contributed by atoms with Crippen molar-refractivity contribution in [3.63, 3.8) is 0 Å². The first-order valence-electron chi connectivity index (χ1n) is 11.4. The number of aliphatic hydroxyl groups excluding tert-OH is 2. The minimum absolute atomic E-state index is 0.232. The Morgan fingerprint density at radius 1 is 1.29 bits per heavy atom. The highest BCUT2D eigenvalue weighted by molar-refractivity contribution is 7.09. The molecule has 0 saturated carbocycles. The first-order chi connectivity index (χ1) is 14.6. The molecule has 0 aromatic carbocycles. The Morgan fingerprint density at radius 2 is 2.03 bits per heavy atom. The molecule has 6 heteroatoms. The second kappa shape index (κ2) is 11.9. The summed E-state index contributed by atoms with van der Waals surface area (Å²) >= 11 is 1.60. The fourth-order valence-electron chi connectivity index (χ4n) is 4.03. The van der Waals surface area contributed by atoms with Crippen molar-refractivity contribution in [2.24, 2.45) is 11.3 Å². The fourth-order valence-corrected chi connectivity index (χ4v) is 4.60. The van der Waals surface area contributed by atoms with Crippen LogP contribution in [0.15, 0.2) is 23.1 Å². The topological polar surface area (TPSA) is 79.7 Å². The molecule has 5 nitrogen and oxygen atoms in total. The van der Waals surface area contributed by atoms with Crippen LogP contribution in [0.25, 0.3) is 6.08 Å². The van der Waals surface area contributed by atoms with Gasteiger partial charge in [0.25, 0.3) is 0 Å². The molecule has 1 aliphatic heterocycles. The van der Waals surface area contributed by atoms with Crippen molar-refractivity contribution in [2.75, 3.05) is 0 Å². The smallest absolute Gasteiger partial charge is 0.306 e. The number of carbonyl (C=O) groups is 1. The number of hydrogen-bond acceptors (Lipinski definition) is 6. The lowest BCUT2D eigenvalue weighted by Gasteiger charge is -2.36. The zero-order chi connectivity index (χ0) is 23.0. The van der Waals surface area contributed by atoms with Crippen LogP contribution in [0.4, 0.5) is 0 Å². The van der Waals surface area contributed by atoms with Crippen molar-refractivity contribution < 1.29 is 19.7 Å². The molecule has 1 aromatic heterocycles. The zero-order valence-corrected chi connectivity index (χ0v) is 20.5. The van der Waals surface area contributed by atoms with Crippen LogP contribution in [-0.2, 0) is 9.53 Å². The first-order valence-corrected chi connectivity index (χ1v) is 12.3. The summed E-state index contributed by atoms with van der Waals surface area (Å²) in [6, 6.07) is 0. The van der Waals surface area contributed by atoms with E-state index in [0.29, 0.717) is 19.3 Å². The van der Waals surface area contributed by atoms with E-state index in [1.165, 1.54) is 0 Å². The highest BCUT2D eigenvalue weighted by Gasteiger charge is 2.35. The summed E-state index contributed by atoms with van der Waals surface area (Å²) in [5.74, 6) is -0.504. The maximum atomic E-state index is 12.7. The van der Waals surface area contributed by atoms with Crippen LogP contribution >= 0.6 is 11.3 Å². The van der Waals surface area contributed by atoms with E-state index in [1.54, 1.807) is 11.3 Å². The van der Waals surface area contributed by atoms with E-state index < -0.39 is 17.6 Å². The number of aliphatic hydroxyl groups is 2. The minimum atomic E-state index is -0.687. The fraction of sp³-hybridized carbons (Fsp3) is 0.680. The van der Waals surface area contributed by atoms with Crippen LogP contribution in [-0.4, -0.2) is 39.5 Å². The van der Waals surface area contributed by atoms with Crippen LogP contribution in [0.1, 0.15) is 83.3 Å². The van der Waals surface area contributed by atoms with Gasteiger partial charge >= 0.3 is 5.97 Å². The predicted octanol–water partition coefficient (Wildman–Crippen LogP) is 5.45. The Morgan fingerprint density at radius 3 is 2.71 bits per heavy atom. The monoisotopic (exact) mass is 449 g/mol. The molecule has 1 unspecified atom stereocenters. The van der Waals surface area contributed by atoms with Crippen molar-refractivity contribution in [3.8, 4) is 0 Å². The molecule has 0 aliphatic carbocycles. The maximum absolute atomic E-state index is 12.7. The largest absolute Gasteiger partial charge is 0.457 e. The molecule has 31 heavy (non-hydrogen) atoms. The number of thiazole rings is 1. The van der Waals surface area contributed by atoms with Gasteiger partial charge in [0.15, 0.2) is 0 Å². The van der Waals surface area contributed by atoms with Gasteiger partial charge in [-0.3, -0.25) is 4.79 Å². The molecule has 2 N–H and O–H groups in total. The normalized spacial score (nSPS) is 30.5. The molecule has 0 spiro atoms. The van der Waals surface area contributed by atoms with Crippen molar-refractivity contribution >= 4 is 23.4 Å². The van der Waals surface area contributed by atoms with Gasteiger partial charge in [-0.1, -0.05) is 39.3 Å². The maximum Gasteiger partial charge on any atom is 0.306 e. The summed E-state index contributed by atoms with van der Waals surface area (Å²) in [6.45, 7) is 9.75. The van der Waals surface area contributed by atoms with Gasteiger partial charge in [0.1, 0.15) is 6.10 Å². The van der Waals surface area contributed by atoms with Gasteiger partial charge in [-0.05, 0) is 56.6 Å². The van der Waals surface area contributed by atoms with Gasteiger partial charge in [-0.15, -0.1) is 11.3 Å². The Hall–Kier alpha value is -1.50. The summed E-state index contributed by atoms with van der Waals surface area (Å²) in [4.78, 5) is 17.2. The second-order valence-corrected chi connectivity index (χ2v) is 10.6. The molecule has 174 valence electrons. The lowest BCUT2D eigenvalue weighted by Crippen LogP contribution is -2.40. The number of carbonyl (C=O) groups excluding carboxylic acids is 1. The van der Waals surface area contributed by atoms with E-state index >= 15 is 0 Å². The number of ether oxygens (including phenoxy) is 1. The lowest BCUT2D eigenvalue weighted by atomic mass is 9.74. The van der Waals surface area contributed by atoms with E-state index in [-0.39, 0.29) is 24.4 Å². The molecule has 0 bridgehead atoms. The summed E-state index contributed by atoms with van der Waals surface area (Å²) in [6.07, 6.45) is 9.52. The van der Waals surface area contributed by atoms with E-state index in [1.807, 2.05) is 46.1 Å². The van der Waals surface area contributed by atoms with Crippen molar-refractivity contribution in [3.05, 3.63) is 33.8 Å². The van der Waals surface area contributed by atoms with Crippen LogP contribution < -0.4 is 0 Å². The molecule has 0 fully saturated rings. The van der Waals surface area contributed by atoms with Crippen LogP contribution in [0.2, 0.25) is 0 Å².